The lowest BCUT2D eigenvalue weighted by atomic mass is 10.1. The fourth-order valence-electron chi connectivity index (χ4n) is 1.66. The summed E-state index contributed by atoms with van der Waals surface area (Å²) >= 11 is 9.61. The molecule has 1 aromatic heterocycles. The minimum Gasteiger partial charge on any atom is -0.460 e. The van der Waals surface area contributed by atoms with Crippen LogP contribution in [0.4, 0.5) is 0 Å². The Morgan fingerprint density at radius 1 is 1.20 bits per heavy atom. The van der Waals surface area contributed by atoms with Gasteiger partial charge >= 0.3 is 0 Å². The maximum absolute atomic E-state index is 6.22. The summed E-state index contributed by atoms with van der Waals surface area (Å²) in [5.74, 6) is 1.70. The summed E-state index contributed by atoms with van der Waals surface area (Å²) in [6.45, 7) is 7.09. The lowest BCUT2D eigenvalue weighted by Gasteiger charge is -2.19. The van der Waals surface area contributed by atoms with Crippen LogP contribution in [0, 0.1) is 0 Å². The molecule has 1 N–H and O–H groups in total. The summed E-state index contributed by atoms with van der Waals surface area (Å²) in [6, 6.07) is 9.71. The van der Waals surface area contributed by atoms with E-state index >= 15 is 0 Å². The monoisotopic (exact) mass is 377 g/mol. The highest BCUT2D eigenvalue weighted by atomic mass is 79.9. The summed E-state index contributed by atoms with van der Waals surface area (Å²) in [4.78, 5) is 0. The molecule has 0 fully saturated rings. The first-order chi connectivity index (χ1) is 8.85. The van der Waals surface area contributed by atoms with Crippen molar-refractivity contribution in [2.45, 2.75) is 32.9 Å². The van der Waals surface area contributed by atoms with Crippen molar-refractivity contribution < 1.29 is 4.42 Å². The molecule has 110 valence electrons. The van der Waals surface area contributed by atoms with E-state index in [1.165, 1.54) is 0 Å². The summed E-state index contributed by atoms with van der Waals surface area (Å²) < 4.78 is 6.78. The lowest BCUT2D eigenvalue weighted by Crippen LogP contribution is -2.34. The van der Waals surface area contributed by atoms with Crippen molar-refractivity contribution in [3.05, 3.63) is 45.6 Å². The standard InChI is InChI=1S/C15H17BrClNO.ClH/c1-15(2,3)18-9-11-5-7-14(19-11)12-6-4-10(16)8-13(12)17;/h4-8,18H,9H2,1-3H3;1H. The highest BCUT2D eigenvalue weighted by Crippen LogP contribution is 2.31. The molecule has 0 radical (unpaired) electrons. The molecular formula is C15H18BrCl2NO. The summed E-state index contributed by atoms with van der Waals surface area (Å²) in [6.07, 6.45) is 0. The first kappa shape index (κ1) is 17.6. The van der Waals surface area contributed by atoms with E-state index in [0.29, 0.717) is 11.6 Å². The molecular weight excluding hydrogens is 361 g/mol. The maximum atomic E-state index is 6.22. The molecule has 0 amide bonds. The van der Waals surface area contributed by atoms with Gasteiger partial charge < -0.3 is 9.73 Å². The zero-order valence-corrected chi connectivity index (χ0v) is 14.8. The minimum absolute atomic E-state index is 0. The van der Waals surface area contributed by atoms with Crippen LogP contribution < -0.4 is 5.32 Å². The van der Waals surface area contributed by atoms with Crippen LogP contribution in [0.15, 0.2) is 39.2 Å². The molecule has 0 saturated heterocycles. The van der Waals surface area contributed by atoms with Crippen molar-refractivity contribution in [1.29, 1.82) is 0 Å². The molecule has 0 aliphatic rings. The van der Waals surface area contributed by atoms with Crippen LogP contribution in [0.5, 0.6) is 0 Å². The van der Waals surface area contributed by atoms with Crippen molar-refractivity contribution in [1.82, 2.24) is 5.32 Å². The van der Waals surface area contributed by atoms with Crippen LogP contribution in [-0.4, -0.2) is 5.54 Å². The molecule has 0 unspecified atom stereocenters. The number of benzene rings is 1. The molecule has 1 heterocycles. The molecule has 2 rings (SSSR count). The van der Waals surface area contributed by atoms with Gasteiger partial charge in [0.1, 0.15) is 11.5 Å². The smallest absolute Gasteiger partial charge is 0.135 e. The van der Waals surface area contributed by atoms with Crippen LogP contribution >= 0.6 is 39.9 Å². The van der Waals surface area contributed by atoms with Gasteiger partial charge in [-0.05, 0) is 51.1 Å². The minimum atomic E-state index is 0. The largest absolute Gasteiger partial charge is 0.460 e. The summed E-state index contributed by atoms with van der Waals surface area (Å²) in [5, 5.41) is 4.07. The third-order valence-corrected chi connectivity index (χ3v) is 3.46. The Hall–Kier alpha value is -0.480. The normalized spacial score (nSPS) is 11.2. The molecule has 2 nitrogen and oxygen atoms in total. The SMILES string of the molecule is CC(C)(C)NCc1ccc(-c2ccc(Br)cc2Cl)o1.Cl. The van der Waals surface area contributed by atoms with Crippen LogP contribution in [0.3, 0.4) is 0 Å². The van der Waals surface area contributed by atoms with Gasteiger partial charge in [0, 0.05) is 15.6 Å². The van der Waals surface area contributed by atoms with Crippen LogP contribution in [-0.2, 0) is 6.54 Å². The Labute approximate surface area is 139 Å². The molecule has 20 heavy (non-hydrogen) atoms. The van der Waals surface area contributed by atoms with E-state index in [0.717, 1.165) is 21.6 Å². The van der Waals surface area contributed by atoms with Crippen molar-refractivity contribution >= 4 is 39.9 Å². The molecule has 0 bridgehead atoms. The van der Waals surface area contributed by atoms with E-state index in [-0.39, 0.29) is 17.9 Å². The average Bonchev–Trinajstić information content (AvgIpc) is 2.74. The van der Waals surface area contributed by atoms with Gasteiger partial charge in [-0.25, -0.2) is 0 Å². The fourth-order valence-corrected chi connectivity index (χ4v) is 2.43. The van der Waals surface area contributed by atoms with E-state index in [2.05, 4.69) is 42.0 Å². The fraction of sp³-hybridized carbons (Fsp3) is 0.333. The van der Waals surface area contributed by atoms with Crippen LogP contribution in [0.1, 0.15) is 26.5 Å². The summed E-state index contributed by atoms with van der Waals surface area (Å²) in [5.41, 5.74) is 0.981. The number of furan rings is 1. The van der Waals surface area contributed by atoms with Crippen molar-refractivity contribution in [3.8, 4) is 11.3 Å². The number of nitrogens with one attached hydrogen (secondary N) is 1. The predicted octanol–water partition coefficient (Wildman–Crippen LogP) is 5.67. The highest BCUT2D eigenvalue weighted by Gasteiger charge is 2.12. The van der Waals surface area contributed by atoms with Gasteiger partial charge in [-0.15, -0.1) is 12.4 Å². The van der Waals surface area contributed by atoms with Gasteiger partial charge in [-0.1, -0.05) is 27.5 Å². The van der Waals surface area contributed by atoms with E-state index in [1.54, 1.807) is 0 Å². The van der Waals surface area contributed by atoms with E-state index < -0.39 is 0 Å². The average molecular weight is 379 g/mol. The van der Waals surface area contributed by atoms with Crippen molar-refractivity contribution in [3.63, 3.8) is 0 Å². The molecule has 5 heteroatoms. The predicted molar refractivity (Wildman–Crippen MR) is 90.7 cm³/mol. The second-order valence-corrected chi connectivity index (χ2v) is 6.82. The lowest BCUT2D eigenvalue weighted by molar-refractivity contribution is 0.391. The van der Waals surface area contributed by atoms with Crippen LogP contribution in [0.25, 0.3) is 11.3 Å². The molecule has 0 aliphatic heterocycles. The van der Waals surface area contributed by atoms with E-state index in [9.17, 15) is 0 Å². The molecule has 0 spiro atoms. The highest BCUT2D eigenvalue weighted by molar-refractivity contribution is 9.10. The molecule has 0 aliphatic carbocycles. The van der Waals surface area contributed by atoms with Gasteiger partial charge in [-0.3, -0.25) is 0 Å². The topological polar surface area (TPSA) is 25.2 Å². The first-order valence-corrected chi connectivity index (χ1v) is 7.31. The van der Waals surface area contributed by atoms with Crippen LogP contribution in [0.2, 0.25) is 5.02 Å². The van der Waals surface area contributed by atoms with Gasteiger partial charge in [0.2, 0.25) is 0 Å². The molecule has 0 atom stereocenters. The Bertz CT molecular complexity index is 575. The quantitative estimate of drug-likeness (QED) is 0.743. The maximum Gasteiger partial charge on any atom is 0.135 e. The molecule has 0 saturated carbocycles. The van der Waals surface area contributed by atoms with Gasteiger partial charge in [0.15, 0.2) is 0 Å². The van der Waals surface area contributed by atoms with Crippen molar-refractivity contribution in [2.24, 2.45) is 0 Å². The van der Waals surface area contributed by atoms with Gasteiger partial charge in [0.05, 0.1) is 11.6 Å². The zero-order valence-electron chi connectivity index (χ0n) is 11.7. The third-order valence-electron chi connectivity index (χ3n) is 2.65. The van der Waals surface area contributed by atoms with E-state index in [1.807, 2.05) is 30.3 Å². The number of hydrogen-bond acceptors (Lipinski definition) is 2. The van der Waals surface area contributed by atoms with Crippen molar-refractivity contribution in [2.75, 3.05) is 0 Å². The molecule has 2 aromatic rings. The third kappa shape index (κ3) is 4.81. The second kappa shape index (κ2) is 6.99. The number of halogens is 3. The summed E-state index contributed by atoms with van der Waals surface area (Å²) in [7, 11) is 0. The Balaban J connectivity index is 0.00000200. The first-order valence-electron chi connectivity index (χ1n) is 6.14. The Kier molecular flexibility index (Phi) is 6.14. The zero-order chi connectivity index (χ0) is 14.0. The van der Waals surface area contributed by atoms with Gasteiger partial charge in [0.25, 0.3) is 0 Å². The number of hydrogen-bond donors (Lipinski definition) is 1. The van der Waals surface area contributed by atoms with E-state index in [4.69, 9.17) is 16.0 Å². The number of rotatable bonds is 3. The Morgan fingerprint density at radius 3 is 2.50 bits per heavy atom. The second-order valence-electron chi connectivity index (χ2n) is 5.49. The molecule has 1 aromatic carbocycles. The Morgan fingerprint density at radius 2 is 1.90 bits per heavy atom. The van der Waals surface area contributed by atoms with Gasteiger partial charge in [-0.2, -0.15) is 0 Å².